The number of hydrogen-bond donors (Lipinski definition) is 0. The first-order valence-electron chi connectivity index (χ1n) is 6.88. The van der Waals surface area contributed by atoms with Gasteiger partial charge in [0.2, 0.25) is 0 Å². The lowest BCUT2D eigenvalue weighted by molar-refractivity contribution is 0.346. The highest BCUT2D eigenvalue weighted by Gasteiger charge is 2.30. The van der Waals surface area contributed by atoms with Crippen LogP contribution < -0.4 is 0 Å². The van der Waals surface area contributed by atoms with Gasteiger partial charge in [0.05, 0.1) is 10.3 Å². The van der Waals surface area contributed by atoms with E-state index in [-0.39, 0.29) is 0 Å². The molecule has 7 heteroatoms. The van der Waals surface area contributed by atoms with Crippen molar-refractivity contribution in [2.45, 2.75) is 17.3 Å². The van der Waals surface area contributed by atoms with E-state index in [1.54, 1.807) is 16.4 Å². The summed E-state index contributed by atoms with van der Waals surface area (Å²) in [7, 11) is -3.41. The van der Waals surface area contributed by atoms with E-state index in [4.69, 9.17) is 0 Å². The monoisotopic (exact) mass is 396 g/mol. The molecular weight excluding hydrogens is 384 g/mol. The summed E-state index contributed by atoms with van der Waals surface area (Å²) >= 11 is 4.58. The smallest absolute Gasteiger partial charge is 0.253 e. The minimum Gasteiger partial charge on any atom is -0.342 e. The van der Waals surface area contributed by atoms with E-state index in [9.17, 15) is 8.42 Å². The van der Waals surface area contributed by atoms with Crippen LogP contribution in [0.5, 0.6) is 0 Å². The minimum absolute atomic E-state index is 0.393. The van der Waals surface area contributed by atoms with Crippen LogP contribution in [0.15, 0.2) is 50.5 Å². The molecule has 3 heterocycles. The Morgan fingerprint density at radius 1 is 1.09 bits per heavy atom. The van der Waals surface area contributed by atoms with E-state index in [1.807, 2.05) is 12.1 Å². The third-order valence-electron chi connectivity index (χ3n) is 3.95. The summed E-state index contributed by atoms with van der Waals surface area (Å²) in [4.78, 5) is 0. The molecule has 22 heavy (non-hydrogen) atoms. The normalized spacial score (nSPS) is 16.0. The maximum absolute atomic E-state index is 12.7. The molecule has 0 bridgehead atoms. The van der Waals surface area contributed by atoms with Gasteiger partial charge in [0.25, 0.3) is 10.0 Å². The number of benzene rings is 1. The first-order valence-corrected chi connectivity index (χ1v) is 9.93. The van der Waals surface area contributed by atoms with Crippen LogP contribution in [0.1, 0.15) is 5.69 Å². The second-order valence-electron chi connectivity index (χ2n) is 5.24. The Balaban J connectivity index is 1.72. The van der Waals surface area contributed by atoms with Crippen LogP contribution in [0.3, 0.4) is 0 Å². The summed E-state index contributed by atoms with van der Waals surface area (Å²) < 4.78 is 30.5. The van der Waals surface area contributed by atoms with Gasteiger partial charge in [-0.2, -0.15) is 4.31 Å². The second kappa shape index (κ2) is 5.19. The summed E-state index contributed by atoms with van der Waals surface area (Å²) in [5.41, 5.74) is 2.22. The predicted molar refractivity (Wildman–Crippen MR) is 91.6 cm³/mol. The molecule has 0 amide bonds. The number of para-hydroxylation sites is 1. The van der Waals surface area contributed by atoms with E-state index in [0.29, 0.717) is 23.8 Å². The van der Waals surface area contributed by atoms with Crippen LogP contribution in [0.2, 0.25) is 0 Å². The molecule has 0 N–H and O–H groups in total. The fraction of sp³-hybridized carbons (Fsp3) is 0.200. The lowest BCUT2D eigenvalue weighted by Gasteiger charge is -2.27. The van der Waals surface area contributed by atoms with Crippen molar-refractivity contribution in [3.05, 3.63) is 51.9 Å². The Hall–Kier alpha value is -1.15. The van der Waals surface area contributed by atoms with Crippen LogP contribution in [-0.2, 0) is 23.1 Å². The van der Waals surface area contributed by atoms with Gasteiger partial charge in [-0.1, -0.05) is 18.2 Å². The van der Waals surface area contributed by atoms with Crippen molar-refractivity contribution in [1.82, 2.24) is 8.87 Å². The Morgan fingerprint density at radius 2 is 1.91 bits per heavy atom. The molecule has 0 radical (unpaired) electrons. The molecule has 0 aliphatic carbocycles. The van der Waals surface area contributed by atoms with E-state index < -0.39 is 10.0 Å². The van der Waals surface area contributed by atoms with Crippen LogP contribution in [0, 0.1) is 0 Å². The molecular formula is C15H13BrN2O2S2. The summed E-state index contributed by atoms with van der Waals surface area (Å²) in [6, 6.07) is 13.7. The fourth-order valence-electron chi connectivity index (χ4n) is 2.90. The molecule has 4 rings (SSSR count). The highest BCUT2D eigenvalue weighted by atomic mass is 79.9. The molecule has 1 aliphatic heterocycles. The zero-order chi connectivity index (χ0) is 15.3. The molecule has 0 saturated carbocycles. The van der Waals surface area contributed by atoms with Crippen molar-refractivity contribution in [2.24, 2.45) is 0 Å². The Labute approximate surface area is 141 Å². The van der Waals surface area contributed by atoms with Crippen molar-refractivity contribution in [3.63, 3.8) is 0 Å². The molecule has 0 atom stereocenters. The van der Waals surface area contributed by atoms with E-state index in [1.165, 1.54) is 16.9 Å². The largest absolute Gasteiger partial charge is 0.342 e. The van der Waals surface area contributed by atoms with E-state index in [0.717, 1.165) is 14.9 Å². The Kier molecular flexibility index (Phi) is 3.41. The quantitative estimate of drug-likeness (QED) is 0.662. The maximum atomic E-state index is 12.7. The number of halogens is 1. The Morgan fingerprint density at radius 3 is 2.68 bits per heavy atom. The van der Waals surface area contributed by atoms with Crippen molar-refractivity contribution >= 4 is 48.2 Å². The number of nitrogens with zero attached hydrogens (tertiary/aromatic N) is 2. The molecule has 1 aromatic carbocycles. The van der Waals surface area contributed by atoms with Gasteiger partial charge in [0.15, 0.2) is 0 Å². The summed E-state index contributed by atoms with van der Waals surface area (Å²) in [6.45, 7) is 1.62. The third-order valence-corrected chi connectivity index (χ3v) is 7.89. The topological polar surface area (TPSA) is 42.3 Å². The van der Waals surface area contributed by atoms with Gasteiger partial charge in [-0.05, 0) is 45.6 Å². The SMILES string of the molecule is O=S(=O)(c1ccc(Br)s1)N1CCn2c(cc3ccccc32)C1. The average Bonchev–Trinajstić information content (AvgIpc) is 3.10. The number of rotatable bonds is 2. The zero-order valence-corrected chi connectivity index (χ0v) is 14.8. The fourth-order valence-corrected chi connectivity index (χ4v) is 6.47. The summed E-state index contributed by atoms with van der Waals surface area (Å²) in [5.74, 6) is 0. The lowest BCUT2D eigenvalue weighted by atomic mass is 10.2. The molecule has 0 unspecified atom stereocenters. The van der Waals surface area contributed by atoms with Gasteiger partial charge in [-0.3, -0.25) is 0 Å². The first-order chi connectivity index (χ1) is 10.6. The molecule has 2 aromatic heterocycles. The van der Waals surface area contributed by atoms with E-state index in [2.05, 4.69) is 38.7 Å². The van der Waals surface area contributed by atoms with Gasteiger partial charge in [-0.15, -0.1) is 11.3 Å². The van der Waals surface area contributed by atoms with Crippen LogP contribution in [0.25, 0.3) is 10.9 Å². The summed E-state index contributed by atoms with van der Waals surface area (Å²) in [6.07, 6.45) is 0. The first kappa shape index (κ1) is 14.4. The van der Waals surface area contributed by atoms with Gasteiger partial charge >= 0.3 is 0 Å². The van der Waals surface area contributed by atoms with Gasteiger partial charge < -0.3 is 4.57 Å². The minimum atomic E-state index is -3.41. The van der Waals surface area contributed by atoms with Crippen molar-refractivity contribution in [3.8, 4) is 0 Å². The summed E-state index contributed by atoms with van der Waals surface area (Å²) in [5, 5.41) is 1.16. The third kappa shape index (κ3) is 2.23. The van der Waals surface area contributed by atoms with E-state index >= 15 is 0 Å². The molecule has 0 saturated heterocycles. The lowest BCUT2D eigenvalue weighted by Crippen LogP contribution is -2.37. The second-order valence-corrected chi connectivity index (χ2v) is 9.87. The van der Waals surface area contributed by atoms with Crippen LogP contribution >= 0.6 is 27.3 Å². The number of fused-ring (bicyclic) bond motifs is 3. The molecule has 0 fully saturated rings. The van der Waals surface area contributed by atoms with Crippen molar-refractivity contribution < 1.29 is 8.42 Å². The van der Waals surface area contributed by atoms with Crippen LogP contribution in [0.4, 0.5) is 0 Å². The number of sulfonamides is 1. The number of aromatic nitrogens is 1. The standard InChI is InChI=1S/C15H13BrN2O2S2/c16-14-5-6-15(21-14)22(19,20)17-7-8-18-12(10-17)9-11-3-1-2-4-13(11)18/h1-6,9H,7-8,10H2. The number of thiophene rings is 1. The highest BCUT2D eigenvalue weighted by Crippen LogP contribution is 2.31. The van der Waals surface area contributed by atoms with Crippen molar-refractivity contribution in [1.29, 1.82) is 0 Å². The average molecular weight is 397 g/mol. The highest BCUT2D eigenvalue weighted by molar-refractivity contribution is 9.11. The van der Waals surface area contributed by atoms with Gasteiger partial charge in [0.1, 0.15) is 4.21 Å². The zero-order valence-electron chi connectivity index (χ0n) is 11.6. The molecule has 0 spiro atoms. The number of hydrogen-bond acceptors (Lipinski definition) is 3. The Bertz CT molecular complexity index is 959. The predicted octanol–water partition coefficient (Wildman–Crippen LogP) is 3.67. The molecule has 1 aliphatic rings. The van der Waals surface area contributed by atoms with Gasteiger partial charge in [-0.25, -0.2) is 8.42 Å². The maximum Gasteiger partial charge on any atom is 0.253 e. The molecule has 3 aromatic rings. The molecule has 4 nitrogen and oxygen atoms in total. The van der Waals surface area contributed by atoms with Crippen LogP contribution in [-0.4, -0.2) is 23.8 Å². The van der Waals surface area contributed by atoms with Crippen molar-refractivity contribution in [2.75, 3.05) is 6.54 Å². The molecule has 114 valence electrons. The van der Waals surface area contributed by atoms with Gasteiger partial charge in [0, 0.05) is 24.3 Å².